The SMILES string of the molecule is COC(=O)Cc1ccccc1.Cn1nnc(-c2ccc3c(c2)CC(N)=C3C(N)=O)n1.Cn1nnc(-c2ccc3c(c2)Cc2nc(Cc4ccccc4)nc(NCCCN4CCCCC4)c2-3)n1.NCCCN1CCCCC1. The molecule has 398 valence electrons. The molecule has 2 saturated heterocycles. The minimum atomic E-state index is -0.498. The quantitative estimate of drug-likeness (QED) is 0.0686. The number of aryl methyl sites for hydroxylation is 2. The first-order chi connectivity index (χ1) is 37.0. The van der Waals surface area contributed by atoms with Gasteiger partial charge in [0.15, 0.2) is 0 Å². The summed E-state index contributed by atoms with van der Waals surface area (Å²) in [4.78, 5) is 40.2. The van der Waals surface area contributed by atoms with Gasteiger partial charge in [-0.2, -0.15) is 9.59 Å². The molecule has 1 amide bonds. The molecule has 11 rings (SSSR count). The number of nitrogens with zero attached hydrogens (tertiary/aromatic N) is 12. The molecule has 0 unspecified atom stereocenters. The van der Waals surface area contributed by atoms with Crippen LogP contribution in [0, 0.1) is 0 Å². The third kappa shape index (κ3) is 15.0. The smallest absolute Gasteiger partial charge is 0.309 e. The minimum Gasteiger partial charge on any atom is -0.469 e. The Hall–Kier alpha value is -7.74. The van der Waals surface area contributed by atoms with E-state index in [-0.39, 0.29) is 5.97 Å². The number of tetrazole rings is 2. The number of primary amides is 1. The molecule has 2 aliphatic heterocycles. The highest BCUT2D eigenvalue weighted by atomic mass is 16.5. The Morgan fingerprint density at radius 2 is 1.22 bits per heavy atom. The number of esters is 1. The van der Waals surface area contributed by atoms with Gasteiger partial charge in [-0.25, -0.2) is 9.97 Å². The highest BCUT2D eigenvalue weighted by Gasteiger charge is 2.27. The van der Waals surface area contributed by atoms with Crippen molar-refractivity contribution in [2.75, 3.05) is 64.8 Å². The van der Waals surface area contributed by atoms with Gasteiger partial charge in [-0.1, -0.05) is 97.8 Å². The van der Waals surface area contributed by atoms with E-state index in [0.29, 0.717) is 35.8 Å². The van der Waals surface area contributed by atoms with E-state index in [0.717, 1.165) is 89.6 Å². The van der Waals surface area contributed by atoms with Gasteiger partial charge in [-0.3, -0.25) is 9.59 Å². The summed E-state index contributed by atoms with van der Waals surface area (Å²) in [6.07, 6.45) is 12.9. The summed E-state index contributed by atoms with van der Waals surface area (Å²) in [5.74, 6) is 2.30. The predicted molar refractivity (Wildman–Crippen MR) is 295 cm³/mol. The first-order valence-electron chi connectivity index (χ1n) is 26.5. The summed E-state index contributed by atoms with van der Waals surface area (Å²) < 4.78 is 4.52. The van der Waals surface area contributed by atoms with E-state index in [1.54, 1.807) is 14.1 Å². The zero-order valence-corrected chi connectivity index (χ0v) is 44.2. The van der Waals surface area contributed by atoms with Crippen LogP contribution in [0.1, 0.15) is 90.7 Å². The number of hydrogen-bond acceptors (Lipinski definition) is 16. The number of likely N-dealkylation sites (tertiary alicyclic amines) is 2. The number of carbonyl (C=O) groups is 2. The largest absolute Gasteiger partial charge is 0.469 e. The predicted octanol–water partition coefficient (Wildman–Crippen LogP) is 5.93. The second-order valence-electron chi connectivity index (χ2n) is 19.5. The molecule has 5 heterocycles. The average Bonchev–Trinajstić information content (AvgIpc) is 4.26. The monoisotopic (exact) mass is 1030 g/mol. The first-order valence-corrected chi connectivity index (χ1v) is 26.5. The van der Waals surface area contributed by atoms with Gasteiger partial charge in [-0.05, 0) is 140 Å². The first kappa shape index (κ1) is 54.5. The van der Waals surface area contributed by atoms with E-state index >= 15 is 0 Å². The maximum Gasteiger partial charge on any atom is 0.309 e. The number of fused-ring (bicyclic) bond motifs is 4. The topological polar surface area (TPSA) is 253 Å². The molecule has 76 heavy (non-hydrogen) atoms. The molecule has 4 aliphatic rings. The lowest BCUT2D eigenvalue weighted by Crippen LogP contribution is -2.31. The molecular formula is C57H72N16O3. The maximum atomic E-state index is 11.4. The summed E-state index contributed by atoms with van der Waals surface area (Å²) >= 11 is 0. The van der Waals surface area contributed by atoms with E-state index in [1.165, 1.54) is 111 Å². The maximum absolute atomic E-state index is 11.4. The molecule has 0 spiro atoms. The zero-order chi connectivity index (χ0) is 53.2. The van der Waals surface area contributed by atoms with Gasteiger partial charge in [0.1, 0.15) is 11.6 Å². The Morgan fingerprint density at radius 3 is 1.76 bits per heavy atom. The van der Waals surface area contributed by atoms with Crippen LogP contribution >= 0.6 is 0 Å². The lowest BCUT2D eigenvalue weighted by atomic mass is 10.0. The van der Waals surface area contributed by atoms with Crippen LogP contribution < -0.4 is 22.5 Å². The molecule has 7 aromatic rings. The molecule has 0 bridgehead atoms. The van der Waals surface area contributed by atoms with Crippen LogP contribution in [-0.2, 0) is 54.1 Å². The molecule has 4 aromatic carbocycles. The van der Waals surface area contributed by atoms with Crippen molar-refractivity contribution in [3.05, 3.63) is 142 Å². The summed E-state index contributed by atoms with van der Waals surface area (Å²) in [6.45, 7) is 9.19. The van der Waals surface area contributed by atoms with Crippen LogP contribution in [0.5, 0.6) is 0 Å². The number of rotatable bonds is 15. The second-order valence-corrected chi connectivity index (χ2v) is 19.5. The van der Waals surface area contributed by atoms with Gasteiger partial charge < -0.3 is 37.1 Å². The van der Waals surface area contributed by atoms with E-state index in [1.807, 2.05) is 54.6 Å². The molecule has 19 nitrogen and oxygen atoms in total. The Bertz CT molecular complexity index is 3040. The number of nitrogens with one attached hydrogen (secondary N) is 1. The third-order valence-electron chi connectivity index (χ3n) is 13.8. The second kappa shape index (κ2) is 27.2. The Labute approximate surface area is 445 Å². The highest BCUT2D eigenvalue weighted by molar-refractivity contribution is 6.21. The fourth-order valence-electron chi connectivity index (χ4n) is 9.96. The van der Waals surface area contributed by atoms with Crippen molar-refractivity contribution in [1.29, 1.82) is 0 Å². The number of ether oxygens (including phenoxy) is 1. The number of nitrogens with two attached hydrogens (primary N) is 3. The molecule has 2 fully saturated rings. The van der Waals surface area contributed by atoms with E-state index in [4.69, 9.17) is 27.2 Å². The van der Waals surface area contributed by atoms with Crippen LogP contribution in [0.4, 0.5) is 5.82 Å². The van der Waals surface area contributed by atoms with Gasteiger partial charge in [0.25, 0.3) is 5.91 Å². The molecule has 19 heteroatoms. The Balaban J connectivity index is 0.000000158. The van der Waals surface area contributed by atoms with Crippen molar-refractivity contribution < 1.29 is 14.3 Å². The number of aromatic nitrogens is 10. The summed E-state index contributed by atoms with van der Waals surface area (Å²) in [5.41, 5.74) is 28.0. The lowest BCUT2D eigenvalue weighted by Gasteiger charge is -2.26. The summed E-state index contributed by atoms with van der Waals surface area (Å²) in [7, 11) is 4.88. The average molecular weight is 1030 g/mol. The van der Waals surface area contributed by atoms with E-state index in [2.05, 4.69) is 93.1 Å². The third-order valence-corrected chi connectivity index (χ3v) is 13.8. The molecule has 2 aliphatic carbocycles. The van der Waals surface area contributed by atoms with Gasteiger partial charge >= 0.3 is 5.97 Å². The van der Waals surface area contributed by atoms with Crippen molar-refractivity contribution in [2.24, 2.45) is 31.3 Å². The van der Waals surface area contributed by atoms with Crippen LogP contribution in [-0.4, -0.2) is 132 Å². The van der Waals surface area contributed by atoms with E-state index in [9.17, 15) is 9.59 Å². The van der Waals surface area contributed by atoms with Crippen LogP contribution in [0.3, 0.4) is 0 Å². The molecule has 0 radical (unpaired) electrons. The number of amides is 1. The van der Waals surface area contributed by atoms with Gasteiger partial charge in [0, 0.05) is 48.2 Å². The minimum absolute atomic E-state index is 0.198. The molecule has 0 atom stereocenters. The number of methoxy groups -OCH3 is 1. The van der Waals surface area contributed by atoms with Gasteiger partial charge in [0.05, 0.1) is 38.9 Å². The van der Waals surface area contributed by atoms with Crippen LogP contribution in [0.25, 0.3) is 39.5 Å². The van der Waals surface area contributed by atoms with Crippen molar-refractivity contribution in [1.82, 2.24) is 60.2 Å². The fourth-order valence-corrected chi connectivity index (χ4v) is 9.96. The number of benzene rings is 4. The standard InChI is InChI=1S/C28H32N8.C12H12N6O.C9H10O2.C8H18N2/c1-35-33-27(32-34-35)21-11-12-23-22(18-21)19-24-26(23)28(29-13-8-16-36-14-6-3-7-15-36)31-25(30-24)17-20-9-4-2-5-10-20;1-18-16-12(15-17-18)6-2-3-8-7(4-6)5-9(13)10(8)11(14)19;1-11-9(10)7-8-5-3-2-4-6-8;9-5-4-8-10-6-2-1-3-7-10/h2,4-5,9-12,18H,3,6-8,13-17,19H2,1H3,(H,29,30,31);2-4H,5,13H2,1H3,(H2,14,19);2-6H,7H2,1H3;1-9H2. The number of allylic oxidation sites excluding steroid dienone is 1. The van der Waals surface area contributed by atoms with Crippen LogP contribution in [0.15, 0.2) is 103 Å². The van der Waals surface area contributed by atoms with Crippen LogP contribution in [0.2, 0.25) is 0 Å². The number of piperidine rings is 2. The van der Waals surface area contributed by atoms with Gasteiger partial charge in [-0.15, -0.1) is 20.4 Å². The fraction of sp³-hybridized carbons (Fsp3) is 0.404. The number of anilines is 1. The molecular weight excluding hydrogens is 957 g/mol. The van der Waals surface area contributed by atoms with Gasteiger partial charge in [0.2, 0.25) is 11.6 Å². The summed E-state index contributed by atoms with van der Waals surface area (Å²) in [5, 5.41) is 28.1. The zero-order valence-electron chi connectivity index (χ0n) is 44.2. The Kier molecular flexibility index (Phi) is 19.5. The van der Waals surface area contributed by atoms with Crippen molar-refractivity contribution in [3.8, 4) is 33.9 Å². The lowest BCUT2D eigenvalue weighted by molar-refractivity contribution is -0.139. The highest BCUT2D eigenvalue weighted by Crippen LogP contribution is 2.41. The number of carbonyl (C=O) groups excluding carboxylic acids is 2. The molecule has 7 N–H and O–H groups in total. The van der Waals surface area contributed by atoms with Crippen molar-refractivity contribution in [3.63, 3.8) is 0 Å². The summed E-state index contributed by atoms with van der Waals surface area (Å²) in [6, 6.07) is 31.9. The molecule has 3 aromatic heterocycles. The van der Waals surface area contributed by atoms with Crippen molar-refractivity contribution in [2.45, 2.75) is 77.0 Å². The molecule has 0 saturated carbocycles. The van der Waals surface area contributed by atoms with E-state index < -0.39 is 5.91 Å². The normalized spacial score (nSPS) is 14.7. The Morgan fingerprint density at radius 1 is 0.671 bits per heavy atom. The number of hydrogen-bond donors (Lipinski definition) is 4. The van der Waals surface area contributed by atoms with Crippen molar-refractivity contribution >= 4 is 23.3 Å².